The maximum Gasteiger partial charge on any atom is 0.0195 e. The highest BCUT2D eigenvalue weighted by Crippen LogP contribution is 2.09. The van der Waals surface area contributed by atoms with Gasteiger partial charge in [-0.1, -0.05) is 6.92 Å². The van der Waals surface area contributed by atoms with Crippen LogP contribution in [0.15, 0.2) is 0 Å². The van der Waals surface area contributed by atoms with E-state index in [0.29, 0.717) is 6.04 Å². The molecule has 0 saturated carbocycles. The van der Waals surface area contributed by atoms with E-state index in [4.69, 9.17) is 0 Å². The van der Waals surface area contributed by atoms with Gasteiger partial charge in [0.2, 0.25) is 0 Å². The van der Waals surface area contributed by atoms with E-state index in [1.54, 1.807) is 0 Å². The number of nitrogens with one attached hydrogen (secondary N) is 1. The number of rotatable bonds is 6. The minimum Gasteiger partial charge on any atom is -0.313 e. The van der Waals surface area contributed by atoms with Gasteiger partial charge in [-0.3, -0.25) is 4.90 Å². The van der Waals surface area contributed by atoms with Gasteiger partial charge in [0.15, 0.2) is 0 Å². The summed E-state index contributed by atoms with van der Waals surface area (Å²) in [5, 5.41) is 3.57. The first kappa shape index (κ1) is 12.9. The van der Waals surface area contributed by atoms with Crippen molar-refractivity contribution >= 4 is 0 Å². The Labute approximate surface area is 94.8 Å². The van der Waals surface area contributed by atoms with Crippen molar-refractivity contribution in [3.8, 4) is 0 Å². The molecule has 1 rings (SSSR count). The van der Waals surface area contributed by atoms with Gasteiger partial charge >= 0.3 is 0 Å². The van der Waals surface area contributed by atoms with E-state index in [1.807, 2.05) is 0 Å². The van der Waals surface area contributed by atoms with E-state index in [2.05, 4.69) is 43.1 Å². The second-order valence-electron chi connectivity index (χ2n) is 4.99. The van der Waals surface area contributed by atoms with E-state index in [9.17, 15) is 0 Å². The third-order valence-electron chi connectivity index (χ3n) is 3.28. The Balaban J connectivity index is 2.32. The molecule has 1 fully saturated rings. The van der Waals surface area contributed by atoms with Crippen molar-refractivity contribution in [2.75, 3.05) is 40.3 Å². The van der Waals surface area contributed by atoms with Crippen LogP contribution in [-0.4, -0.2) is 62.2 Å². The Kier molecular flexibility index (Phi) is 5.58. The summed E-state index contributed by atoms with van der Waals surface area (Å²) in [7, 11) is 4.30. The van der Waals surface area contributed by atoms with Crippen LogP contribution in [-0.2, 0) is 0 Å². The van der Waals surface area contributed by atoms with Gasteiger partial charge in [0.05, 0.1) is 0 Å². The molecular weight excluding hydrogens is 186 g/mol. The van der Waals surface area contributed by atoms with Crippen molar-refractivity contribution in [3.05, 3.63) is 0 Å². The number of nitrogens with zero attached hydrogens (tertiary/aromatic N) is 2. The highest BCUT2D eigenvalue weighted by molar-refractivity contribution is 4.80. The third kappa shape index (κ3) is 4.49. The van der Waals surface area contributed by atoms with Crippen molar-refractivity contribution in [2.45, 2.75) is 38.8 Å². The predicted molar refractivity (Wildman–Crippen MR) is 66.3 cm³/mol. The SMILES string of the molecule is CCN(CC1CCCN1)C(C)CN(C)C. The Bertz CT molecular complexity index is 164. The van der Waals surface area contributed by atoms with Gasteiger partial charge in [0, 0.05) is 25.2 Å². The van der Waals surface area contributed by atoms with Crippen molar-refractivity contribution in [2.24, 2.45) is 0 Å². The van der Waals surface area contributed by atoms with Crippen LogP contribution < -0.4 is 5.32 Å². The van der Waals surface area contributed by atoms with Gasteiger partial charge in [-0.25, -0.2) is 0 Å². The summed E-state index contributed by atoms with van der Waals surface area (Å²) in [6.45, 7) is 9.34. The van der Waals surface area contributed by atoms with E-state index >= 15 is 0 Å². The largest absolute Gasteiger partial charge is 0.313 e. The van der Waals surface area contributed by atoms with Crippen LogP contribution in [0.1, 0.15) is 26.7 Å². The Morgan fingerprint density at radius 3 is 2.60 bits per heavy atom. The summed E-state index contributed by atoms with van der Waals surface area (Å²) in [5.41, 5.74) is 0. The highest BCUT2D eigenvalue weighted by Gasteiger charge is 2.20. The molecule has 0 bridgehead atoms. The zero-order valence-corrected chi connectivity index (χ0v) is 10.8. The minimum absolute atomic E-state index is 0.660. The minimum atomic E-state index is 0.660. The van der Waals surface area contributed by atoms with Crippen molar-refractivity contribution in [1.82, 2.24) is 15.1 Å². The molecule has 0 aromatic carbocycles. The molecule has 2 unspecified atom stereocenters. The molecule has 1 heterocycles. The fourth-order valence-electron chi connectivity index (χ4n) is 2.46. The smallest absolute Gasteiger partial charge is 0.0195 e. The van der Waals surface area contributed by atoms with Crippen LogP contribution in [0.5, 0.6) is 0 Å². The fraction of sp³-hybridized carbons (Fsp3) is 1.00. The maximum absolute atomic E-state index is 3.57. The monoisotopic (exact) mass is 213 g/mol. The topological polar surface area (TPSA) is 18.5 Å². The predicted octanol–water partition coefficient (Wildman–Crippen LogP) is 1.01. The van der Waals surface area contributed by atoms with E-state index in [-0.39, 0.29) is 0 Å². The molecule has 90 valence electrons. The molecule has 3 nitrogen and oxygen atoms in total. The van der Waals surface area contributed by atoms with Gasteiger partial charge in [-0.15, -0.1) is 0 Å². The Morgan fingerprint density at radius 1 is 1.40 bits per heavy atom. The first-order valence-electron chi connectivity index (χ1n) is 6.25. The lowest BCUT2D eigenvalue weighted by Crippen LogP contribution is -2.45. The molecule has 0 amide bonds. The van der Waals surface area contributed by atoms with Gasteiger partial charge in [-0.2, -0.15) is 0 Å². The molecule has 0 spiro atoms. The molecule has 1 aliphatic rings. The van der Waals surface area contributed by atoms with E-state index in [0.717, 1.165) is 19.1 Å². The molecule has 15 heavy (non-hydrogen) atoms. The van der Waals surface area contributed by atoms with Gasteiger partial charge < -0.3 is 10.2 Å². The van der Waals surface area contributed by atoms with Crippen LogP contribution >= 0.6 is 0 Å². The van der Waals surface area contributed by atoms with Crippen LogP contribution in [0.25, 0.3) is 0 Å². The average molecular weight is 213 g/mol. The zero-order chi connectivity index (χ0) is 11.3. The molecule has 0 aliphatic carbocycles. The molecule has 2 atom stereocenters. The number of hydrogen-bond donors (Lipinski definition) is 1. The third-order valence-corrected chi connectivity index (χ3v) is 3.28. The summed E-state index contributed by atoms with van der Waals surface area (Å²) >= 11 is 0. The van der Waals surface area contributed by atoms with Crippen molar-refractivity contribution in [1.29, 1.82) is 0 Å². The molecule has 3 heteroatoms. The molecule has 1 N–H and O–H groups in total. The van der Waals surface area contributed by atoms with Crippen LogP contribution in [0.3, 0.4) is 0 Å². The van der Waals surface area contributed by atoms with Crippen LogP contribution in [0.4, 0.5) is 0 Å². The number of hydrogen-bond acceptors (Lipinski definition) is 3. The van der Waals surface area contributed by atoms with E-state index < -0.39 is 0 Å². The quantitative estimate of drug-likeness (QED) is 0.710. The molecule has 0 aromatic heterocycles. The second kappa shape index (κ2) is 6.46. The van der Waals surface area contributed by atoms with Crippen molar-refractivity contribution < 1.29 is 0 Å². The normalized spacial score (nSPS) is 24.0. The highest BCUT2D eigenvalue weighted by atomic mass is 15.2. The van der Waals surface area contributed by atoms with Gasteiger partial charge in [0.25, 0.3) is 0 Å². The van der Waals surface area contributed by atoms with Crippen molar-refractivity contribution in [3.63, 3.8) is 0 Å². The molecule has 1 saturated heterocycles. The summed E-state index contributed by atoms with van der Waals surface area (Å²) in [5.74, 6) is 0. The summed E-state index contributed by atoms with van der Waals surface area (Å²) in [4.78, 5) is 4.86. The van der Waals surface area contributed by atoms with Crippen LogP contribution in [0, 0.1) is 0 Å². The Hall–Kier alpha value is -0.120. The summed E-state index contributed by atoms with van der Waals surface area (Å²) in [6.07, 6.45) is 2.70. The standard InChI is InChI=1S/C12H27N3/c1-5-15(11(2)9-14(3)4)10-12-7-6-8-13-12/h11-13H,5-10H2,1-4H3. The Morgan fingerprint density at radius 2 is 2.13 bits per heavy atom. The first-order chi connectivity index (χ1) is 7.13. The lowest BCUT2D eigenvalue weighted by Gasteiger charge is -2.32. The first-order valence-corrected chi connectivity index (χ1v) is 6.25. The second-order valence-corrected chi connectivity index (χ2v) is 4.99. The average Bonchev–Trinajstić information content (AvgIpc) is 2.65. The molecular formula is C12H27N3. The maximum atomic E-state index is 3.57. The van der Waals surface area contributed by atoms with E-state index in [1.165, 1.54) is 25.9 Å². The summed E-state index contributed by atoms with van der Waals surface area (Å²) in [6, 6.07) is 1.39. The lowest BCUT2D eigenvalue weighted by molar-refractivity contribution is 0.168. The number of likely N-dealkylation sites (N-methyl/N-ethyl adjacent to an activating group) is 2. The lowest BCUT2D eigenvalue weighted by atomic mass is 10.2. The fourth-order valence-corrected chi connectivity index (χ4v) is 2.46. The zero-order valence-electron chi connectivity index (χ0n) is 10.8. The van der Waals surface area contributed by atoms with Crippen LogP contribution in [0.2, 0.25) is 0 Å². The molecule has 1 aliphatic heterocycles. The van der Waals surface area contributed by atoms with Gasteiger partial charge in [0.1, 0.15) is 0 Å². The molecule has 0 aromatic rings. The summed E-state index contributed by atoms with van der Waals surface area (Å²) < 4.78 is 0. The van der Waals surface area contributed by atoms with Gasteiger partial charge in [-0.05, 0) is 47.0 Å². The molecule has 0 radical (unpaired) electrons.